The lowest BCUT2D eigenvalue weighted by Crippen LogP contribution is -2.38. The number of sulfonamides is 1. The molecule has 1 aromatic heterocycles. The molecule has 2 heterocycles. The van der Waals surface area contributed by atoms with E-state index in [0.29, 0.717) is 23.5 Å². The van der Waals surface area contributed by atoms with E-state index in [-0.39, 0.29) is 10.9 Å². The summed E-state index contributed by atoms with van der Waals surface area (Å²) in [5.74, 6) is 0.386. The molecule has 0 amide bonds. The Labute approximate surface area is 110 Å². The van der Waals surface area contributed by atoms with Gasteiger partial charge in [0.25, 0.3) is 0 Å². The van der Waals surface area contributed by atoms with Gasteiger partial charge < -0.3 is 0 Å². The van der Waals surface area contributed by atoms with E-state index in [0.717, 1.165) is 6.42 Å². The second-order valence-electron chi connectivity index (χ2n) is 4.46. The van der Waals surface area contributed by atoms with Crippen LogP contribution in [-0.2, 0) is 10.0 Å². The van der Waals surface area contributed by atoms with E-state index >= 15 is 0 Å². The Morgan fingerprint density at radius 3 is 2.88 bits per heavy atom. The van der Waals surface area contributed by atoms with Crippen LogP contribution in [0.15, 0.2) is 11.1 Å². The van der Waals surface area contributed by atoms with Crippen LogP contribution in [0.4, 0.5) is 0 Å². The quantitative estimate of drug-likeness (QED) is 0.858. The molecule has 0 radical (unpaired) electrons. The smallest absolute Gasteiger partial charge is 0.246 e. The van der Waals surface area contributed by atoms with Gasteiger partial charge in [0.2, 0.25) is 10.0 Å². The van der Waals surface area contributed by atoms with Crippen molar-refractivity contribution >= 4 is 26.0 Å². The predicted octanol–water partition coefficient (Wildman–Crippen LogP) is 1.51. The zero-order valence-electron chi connectivity index (χ0n) is 9.85. The number of alkyl halides is 1. The van der Waals surface area contributed by atoms with Crippen molar-refractivity contribution in [1.82, 2.24) is 14.5 Å². The van der Waals surface area contributed by atoms with Crippen molar-refractivity contribution in [2.45, 2.75) is 31.2 Å². The molecule has 5 nitrogen and oxygen atoms in total. The van der Waals surface area contributed by atoms with Crippen molar-refractivity contribution in [2.75, 3.05) is 11.9 Å². The van der Waals surface area contributed by atoms with Gasteiger partial charge in [-0.3, -0.25) is 5.10 Å². The topological polar surface area (TPSA) is 66.1 Å². The van der Waals surface area contributed by atoms with Crippen LogP contribution in [-0.4, -0.2) is 40.8 Å². The summed E-state index contributed by atoms with van der Waals surface area (Å²) in [6, 6.07) is 0.0364. The molecule has 17 heavy (non-hydrogen) atoms. The molecule has 1 saturated heterocycles. The molecule has 1 aliphatic rings. The highest BCUT2D eigenvalue weighted by molar-refractivity contribution is 9.09. The monoisotopic (exact) mass is 321 g/mol. The fraction of sp³-hybridized carbons (Fsp3) is 0.700. The average molecular weight is 322 g/mol. The van der Waals surface area contributed by atoms with Crippen molar-refractivity contribution in [3.05, 3.63) is 11.9 Å². The highest BCUT2D eigenvalue weighted by atomic mass is 79.9. The Kier molecular flexibility index (Phi) is 3.61. The van der Waals surface area contributed by atoms with E-state index in [1.165, 1.54) is 6.20 Å². The second kappa shape index (κ2) is 4.70. The Balaban J connectivity index is 2.37. The Hall–Kier alpha value is -0.400. The highest BCUT2D eigenvalue weighted by Crippen LogP contribution is 2.31. The van der Waals surface area contributed by atoms with Gasteiger partial charge in [-0.2, -0.15) is 9.40 Å². The maximum Gasteiger partial charge on any atom is 0.246 e. The molecule has 1 fully saturated rings. The summed E-state index contributed by atoms with van der Waals surface area (Å²) in [6.45, 7) is 4.40. The molecule has 0 bridgehead atoms. The first-order valence-electron chi connectivity index (χ1n) is 5.56. The van der Waals surface area contributed by atoms with Gasteiger partial charge in [0.15, 0.2) is 0 Å². The maximum absolute atomic E-state index is 12.5. The first kappa shape index (κ1) is 13.0. The molecular formula is C10H16BrN3O2S. The van der Waals surface area contributed by atoms with E-state index in [9.17, 15) is 8.42 Å². The molecular weight excluding hydrogens is 306 g/mol. The standard InChI is InChI=1S/C10H16BrN3O2S/c1-7-3-4-14(9(7)5-11)17(15,16)10-6-12-13-8(10)2/h6-7,9H,3-5H2,1-2H3,(H,12,13). The molecule has 2 rings (SSSR count). The third kappa shape index (κ3) is 2.15. The summed E-state index contributed by atoms with van der Waals surface area (Å²) in [6.07, 6.45) is 2.30. The molecule has 7 heteroatoms. The number of rotatable bonds is 3. The first-order valence-corrected chi connectivity index (χ1v) is 8.12. The molecule has 2 atom stereocenters. The van der Waals surface area contributed by atoms with E-state index in [4.69, 9.17) is 0 Å². The van der Waals surface area contributed by atoms with Crippen molar-refractivity contribution in [2.24, 2.45) is 5.92 Å². The van der Waals surface area contributed by atoms with Crippen LogP contribution in [0.5, 0.6) is 0 Å². The molecule has 0 aromatic carbocycles. The molecule has 1 aromatic rings. The summed E-state index contributed by atoms with van der Waals surface area (Å²) in [4.78, 5) is 0.289. The summed E-state index contributed by atoms with van der Waals surface area (Å²) >= 11 is 3.40. The third-order valence-electron chi connectivity index (χ3n) is 3.36. The fourth-order valence-corrected chi connectivity index (χ4v) is 5.26. The minimum atomic E-state index is -3.41. The first-order chi connectivity index (χ1) is 7.98. The van der Waals surface area contributed by atoms with Gasteiger partial charge >= 0.3 is 0 Å². The van der Waals surface area contributed by atoms with Gasteiger partial charge in [-0.15, -0.1) is 0 Å². The lowest BCUT2D eigenvalue weighted by molar-refractivity contribution is 0.378. The van der Waals surface area contributed by atoms with Crippen molar-refractivity contribution in [3.63, 3.8) is 0 Å². The van der Waals surface area contributed by atoms with E-state index in [2.05, 4.69) is 33.1 Å². The molecule has 0 saturated carbocycles. The predicted molar refractivity (Wildman–Crippen MR) is 68.6 cm³/mol. The van der Waals surface area contributed by atoms with Crippen LogP contribution in [0.1, 0.15) is 19.0 Å². The number of hydrogen-bond acceptors (Lipinski definition) is 3. The largest absolute Gasteiger partial charge is 0.281 e. The number of H-pyrrole nitrogens is 1. The number of halogens is 1. The summed E-state index contributed by atoms with van der Waals surface area (Å²) in [5, 5.41) is 7.13. The normalized spacial score (nSPS) is 26.5. The van der Waals surface area contributed by atoms with Gasteiger partial charge in [-0.25, -0.2) is 8.42 Å². The van der Waals surface area contributed by atoms with Crippen LogP contribution in [0.25, 0.3) is 0 Å². The Morgan fingerprint density at radius 1 is 1.65 bits per heavy atom. The summed E-state index contributed by atoms with van der Waals surface area (Å²) in [7, 11) is -3.41. The molecule has 0 aliphatic carbocycles. The second-order valence-corrected chi connectivity index (χ2v) is 6.97. The van der Waals surface area contributed by atoms with Gasteiger partial charge in [0.05, 0.1) is 11.9 Å². The van der Waals surface area contributed by atoms with Crippen LogP contribution < -0.4 is 0 Å². The van der Waals surface area contributed by atoms with Gasteiger partial charge in [-0.05, 0) is 19.3 Å². The number of nitrogens with zero attached hydrogens (tertiary/aromatic N) is 2. The third-order valence-corrected chi connectivity index (χ3v) is 6.06. The average Bonchev–Trinajstić information content (AvgIpc) is 2.84. The number of aryl methyl sites for hydroxylation is 1. The van der Waals surface area contributed by atoms with Gasteiger partial charge in [0, 0.05) is 17.9 Å². The Bertz CT molecular complexity index is 499. The van der Waals surface area contributed by atoms with E-state index in [1.807, 2.05) is 0 Å². The molecule has 1 N–H and O–H groups in total. The lowest BCUT2D eigenvalue weighted by Gasteiger charge is -2.24. The van der Waals surface area contributed by atoms with Crippen molar-refractivity contribution in [1.29, 1.82) is 0 Å². The zero-order chi connectivity index (χ0) is 12.6. The fourth-order valence-electron chi connectivity index (χ4n) is 2.23. The summed E-state index contributed by atoms with van der Waals surface area (Å²) in [5.41, 5.74) is 0.595. The van der Waals surface area contributed by atoms with Crippen LogP contribution in [0, 0.1) is 12.8 Å². The maximum atomic E-state index is 12.5. The van der Waals surface area contributed by atoms with Crippen molar-refractivity contribution in [3.8, 4) is 0 Å². The number of aromatic amines is 1. The van der Waals surface area contributed by atoms with Crippen LogP contribution in [0.3, 0.4) is 0 Å². The molecule has 96 valence electrons. The minimum Gasteiger partial charge on any atom is -0.281 e. The van der Waals surface area contributed by atoms with E-state index < -0.39 is 10.0 Å². The molecule has 0 spiro atoms. The lowest BCUT2D eigenvalue weighted by atomic mass is 10.1. The van der Waals surface area contributed by atoms with Crippen LogP contribution >= 0.6 is 15.9 Å². The van der Waals surface area contributed by atoms with Gasteiger partial charge in [-0.1, -0.05) is 22.9 Å². The molecule has 1 aliphatic heterocycles. The van der Waals surface area contributed by atoms with E-state index in [1.54, 1.807) is 11.2 Å². The number of aromatic nitrogens is 2. The number of nitrogens with one attached hydrogen (secondary N) is 1. The number of hydrogen-bond donors (Lipinski definition) is 1. The molecule has 2 unspecified atom stereocenters. The Morgan fingerprint density at radius 2 is 2.35 bits per heavy atom. The SMILES string of the molecule is Cc1[nH]ncc1S(=O)(=O)N1CCC(C)C1CBr. The van der Waals surface area contributed by atoms with Gasteiger partial charge in [0.1, 0.15) is 4.90 Å². The minimum absolute atomic E-state index is 0.0364. The highest BCUT2D eigenvalue weighted by Gasteiger charge is 2.39. The zero-order valence-corrected chi connectivity index (χ0v) is 12.3. The van der Waals surface area contributed by atoms with Crippen molar-refractivity contribution < 1.29 is 8.42 Å². The summed E-state index contributed by atoms with van der Waals surface area (Å²) < 4.78 is 26.5. The van der Waals surface area contributed by atoms with Crippen LogP contribution in [0.2, 0.25) is 0 Å².